The molecule has 0 bridgehead atoms. The summed E-state index contributed by atoms with van der Waals surface area (Å²) in [6.45, 7) is 6.03. The molecule has 0 aromatic carbocycles. The highest BCUT2D eigenvalue weighted by molar-refractivity contribution is 5.99. The van der Waals surface area contributed by atoms with Crippen LogP contribution < -0.4 is 0 Å². The molecular formula is C27H45NO3. The lowest BCUT2D eigenvalue weighted by atomic mass is 9.99. The third-order valence-corrected chi connectivity index (χ3v) is 6.15. The molecule has 0 aliphatic heterocycles. The summed E-state index contributed by atoms with van der Waals surface area (Å²) in [5.74, 6) is -0.826. The number of hydrogen-bond acceptors (Lipinski definition) is 2. The lowest BCUT2D eigenvalue weighted by molar-refractivity contribution is -0.131. The molecule has 1 aromatic rings. The summed E-state index contributed by atoms with van der Waals surface area (Å²) >= 11 is 0. The number of carboxylic acid groups (broad SMARTS) is 1. The second kappa shape index (κ2) is 16.8. The molecule has 2 N–H and O–H groups in total. The van der Waals surface area contributed by atoms with Crippen LogP contribution >= 0.6 is 0 Å². The molecule has 0 unspecified atom stereocenters. The first-order valence-electron chi connectivity index (χ1n) is 12.6. The smallest absolute Gasteiger partial charge is 0.328 e. The molecule has 0 aliphatic carbocycles. The minimum atomic E-state index is -0.989. The zero-order valence-electron chi connectivity index (χ0n) is 20.2. The number of carboxylic acids is 1. The monoisotopic (exact) mass is 431 g/mol. The van der Waals surface area contributed by atoms with Crippen molar-refractivity contribution < 1.29 is 14.7 Å². The number of aromatic nitrogens is 1. The lowest BCUT2D eigenvalue weighted by Crippen LogP contribution is -2.01. The Bertz CT molecular complexity index is 672. The number of H-pyrrole nitrogens is 1. The van der Waals surface area contributed by atoms with Crippen molar-refractivity contribution in [3.05, 3.63) is 28.6 Å². The van der Waals surface area contributed by atoms with Crippen LogP contribution in [0.4, 0.5) is 0 Å². The van der Waals surface area contributed by atoms with Gasteiger partial charge in [-0.2, -0.15) is 0 Å². The Hall–Kier alpha value is -1.84. The molecule has 4 heteroatoms. The van der Waals surface area contributed by atoms with Gasteiger partial charge >= 0.3 is 5.97 Å². The highest BCUT2D eigenvalue weighted by atomic mass is 16.4. The van der Waals surface area contributed by atoms with Crippen LogP contribution in [0.2, 0.25) is 0 Å². The zero-order chi connectivity index (χ0) is 22.9. The van der Waals surface area contributed by atoms with Crippen LogP contribution in [0, 0.1) is 13.8 Å². The number of carbonyl (C=O) groups is 2. The maximum atomic E-state index is 12.6. The van der Waals surface area contributed by atoms with Gasteiger partial charge in [-0.05, 0) is 31.9 Å². The van der Waals surface area contributed by atoms with Gasteiger partial charge in [-0.1, -0.05) is 96.8 Å². The number of nitrogens with one attached hydrogen (secondary N) is 1. The molecule has 0 atom stereocenters. The minimum Gasteiger partial charge on any atom is -0.478 e. The molecule has 0 saturated carbocycles. The Kier molecular flexibility index (Phi) is 14.7. The normalized spacial score (nSPS) is 11.5. The molecule has 0 spiro atoms. The number of ketones is 1. The fourth-order valence-electron chi connectivity index (χ4n) is 4.30. The first-order chi connectivity index (χ1) is 15.0. The fourth-order valence-corrected chi connectivity index (χ4v) is 4.30. The van der Waals surface area contributed by atoms with Gasteiger partial charge in [0.25, 0.3) is 0 Å². The number of aromatic amines is 1. The van der Waals surface area contributed by atoms with Gasteiger partial charge in [0.1, 0.15) is 0 Å². The standard InChI is InChI=1S/C27H45NO3/c1-4-5-6-7-8-9-10-11-12-13-14-15-16-17-18-19-25(29)27-22(2)24(28-23(27)3)20-21-26(30)31/h20-21,28H,4-19H2,1-3H3,(H,30,31)/b21-20+. The first kappa shape index (κ1) is 27.2. The third kappa shape index (κ3) is 11.9. The predicted molar refractivity (Wildman–Crippen MR) is 131 cm³/mol. The molecule has 4 nitrogen and oxygen atoms in total. The van der Waals surface area contributed by atoms with E-state index in [1.165, 1.54) is 89.5 Å². The van der Waals surface area contributed by atoms with Crippen molar-refractivity contribution in [2.24, 2.45) is 0 Å². The summed E-state index contributed by atoms with van der Waals surface area (Å²) in [4.78, 5) is 26.5. The predicted octanol–water partition coefficient (Wildman–Crippen LogP) is 8.17. The van der Waals surface area contributed by atoms with E-state index in [9.17, 15) is 9.59 Å². The fraction of sp³-hybridized carbons (Fsp3) is 0.704. The molecular weight excluding hydrogens is 386 g/mol. The molecule has 0 aliphatic rings. The van der Waals surface area contributed by atoms with Crippen LogP contribution in [0.25, 0.3) is 6.08 Å². The van der Waals surface area contributed by atoms with E-state index < -0.39 is 5.97 Å². The van der Waals surface area contributed by atoms with Crippen LogP contribution in [-0.4, -0.2) is 21.8 Å². The van der Waals surface area contributed by atoms with Crippen LogP contribution in [0.3, 0.4) is 0 Å². The van der Waals surface area contributed by atoms with Gasteiger partial charge in [0.2, 0.25) is 0 Å². The third-order valence-electron chi connectivity index (χ3n) is 6.15. The Labute approximate surface area is 189 Å². The average Bonchev–Trinajstić information content (AvgIpc) is 3.02. The van der Waals surface area contributed by atoms with Crippen molar-refractivity contribution >= 4 is 17.8 Å². The molecule has 1 heterocycles. The number of Topliss-reactive ketones (excluding diaryl/α,β-unsaturated/α-hetero) is 1. The highest BCUT2D eigenvalue weighted by Crippen LogP contribution is 2.22. The van der Waals surface area contributed by atoms with Gasteiger partial charge in [-0.15, -0.1) is 0 Å². The summed E-state index contributed by atoms with van der Waals surface area (Å²) in [6.07, 6.45) is 22.9. The second-order valence-electron chi connectivity index (χ2n) is 8.96. The summed E-state index contributed by atoms with van der Waals surface area (Å²) in [7, 11) is 0. The topological polar surface area (TPSA) is 70.2 Å². The van der Waals surface area contributed by atoms with Crippen LogP contribution in [0.15, 0.2) is 6.08 Å². The summed E-state index contributed by atoms with van der Waals surface area (Å²) in [5, 5.41) is 8.79. The van der Waals surface area contributed by atoms with Crippen molar-refractivity contribution in [2.75, 3.05) is 0 Å². The Morgan fingerprint density at radius 2 is 1.23 bits per heavy atom. The summed E-state index contributed by atoms with van der Waals surface area (Å²) < 4.78 is 0. The van der Waals surface area contributed by atoms with Crippen LogP contribution in [-0.2, 0) is 4.79 Å². The lowest BCUT2D eigenvalue weighted by Gasteiger charge is -2.04. The Balaban J connectivity index is 2.07. The number of carbonyl (C=O) groups excluding carboxylic acids is 1. The SMILES string of the molecule is CCCCCCCCCCCCCCCCCC(=O)c1c(C)[nH]c(/C=C/C(=O)O)c1C. The largest absolute Gasteiger partial charge is 0.478 e. The summed E-state index contributed by atoms with van der Waals surface area (Å²) in [6, 6.07) is 0. The van der Waals surface area contributed by atoms with E-state index in [0.717, 1.165) is 35.7 Å². The van der Waals surface area contributed by atoms with Crippen molar-refractivity contribution in [1.82, 2.24) is 4.98 Å². The highest BCUT2D eigenvalue weighted by Gasteiger charge is 2.16. The number of hydrogen-bond donors (Lipinski definition) is 2. The maximum Gasteiger partial charge on any atom is 0.328 e. The maximum absolute atomic E-state index is 12.6. The minimum absolute atomic E-state index is 0.163. The molecule has 1 rings (SSSR count). The molecule has 0 radical (unpaired) electrons. The molecule has 176 valence electrons. The van der Waals surface area contributed by atoms with Crippen molar-refractivity contribution in [3.8, 4) is 0 Å². The first-order valence-corrected chi connectivity index (χ1v) is 12.6. The number of unbranched alkanes of at least 4 members (excludes halogenated alkanes) is 14. The van der Waals surface area contributed by atoms with Crippen molar-refractivity contribution in [1.29, 1.82) is 0 Å². The van der Waals surface area contributed by atoms with E-state index in [1.54, 1.807) is 0 Å². The molecule has 1 aromatic heterocycles. The van der Waals surface area contributed by atoms with E-state index in [2.05, 4.69) is 11.9 Å². The Morgan fingerprint density at radius 3 is 1.68 bits per heavy atom. The number of rotatable bonds is 19. The van der Waals surface area contributed by atoms with E-state index in [4.69, 9.17) is 5.11 Å². The van der Waals surface area contributed by atoms with E-state index in [1.807, 2.05) is 13.8 Å². The number of aryl methyl sites for hydroxylation is 1. The van der Waals surface area contributed by atoms with Gasteiger partial charge in [0.05, 0.1) is 0 Å². The van der Waals surface area contributed by atoms with Gasteiger partial charge in [-0.3, -0.25) is 4.79 Å². The van der Waals surface area contributed by atoms with E-state index >= 15 is 0 Å². The zero-order valence-corrected chi connectivity index (χ0v) is 20.2. The van der Waals surface area contributed by atoms with E-state index in [-0.39, 0.29) is 5.78 Å². The average molecular weight is 432 g/mol. The Morgan fingerprint density at radius 1 is 0.774 bits per heavy atom. The van der Waals surface area contributed by atoms with Crippen molar-refractivity contribution in [3.63, 3.8) is 0 Å². The van der Waals surface area contributed by atoms with Crippen molar-refractivity contribution in [2.45, 2.75) is 124 Å². The second-order valence-corrected chi connectivity index (χ2v) is 8.96. The molecule has 31 heavy (non-hydrogen) atoms. The van der Waals surface area contributed by atoms with Gasteiger partial charge in [-0.25, -0.2) is 4.79 Å². The molecule has 0 amide bonds. The number of aliphatic carboxylic acids is 1. The van der Waals surface area contributed by atoms with Gasteiger partial charge in [0, 0.05) is 29.4 Å². The van der Waals surface area contributed by atoms with E-state index in [0.29, 0.717) is 12.1 Å². The van der Waals surface area contributed by atoms with Gasteiger partial charge in [0.15, 0.2) is 5.78 Å². The quantitative estimate of drug-likeness (QED) is 0.132. The van der Waals surface area contributed by atoms with Crippen LogP contribution in [0.1, 0.15) is 137 Å². The molecule has 0 saturated heterocycles. The van der Waals surface area contributed by atoms with Gasteiger partial charge < -0.3 is 10.1 Å². The summed E-state index contributed by atoms with van der Waals surface area (Å²) in [5.41, 5.74) is 3.12. The molecule has 0 fully saturated rings. The van der Waals surface area contributed by atoms with Crippen LogP contribution in [0.5, 0.6) is 0 Å².